The standard InChI is InChI=1S/C20H19ClFN3O3/c21-16-11-14(3-6-17(16)22)25-19(27)12-18(20(25)28)24-9-7-23(8-10-24)13-1-4-15(26)5-2-13/h1-6,11,18,26H,7-10,12H2. The zero-order valence-corrected chi connectivity index (χ0v) is 15.8. The fraction of sp³-hybridized carbons (Fsp3) is 0.300. The molecule has 4 rings (SSSR count). The molecule has 2 aliphatic heterocycles. The zero-order valence-electron chi connectivity index (χ0n) is 15.0. The molecule has 1 N–H and O–H groups in total. The van der Waals surface area contributed by atoms with Crippen LogP contribution in [0.3, 0.4) is 0 Å². The van der Waals surface area contributed by atoms with Gasteiger partial charge in [0.2, 0.25) is 5.91 Å². The first-order valence-corrected chi connectivity index (χ1v) is 9.42. The highest BCUT2D eigenvalue weighted by atomic mass is 35.5. The van der Waals surface area contributed by atoms with Crippen LogP contribution in [0, 0.1) is 5.82 Å². The van der Waals surface area contributed by atoms with Gasteiger partial charge in [0.1, 0.15) is 11.6 Å². The van der Waals surface area contributed by atoms with Crippen LogP contribution >= 0.6 is 11.6 Å². The van der Waals surface area contributed by atoms with E-state index in [1.54, 1.807) is 12.1 Å². The second-order valence-electron chi connectivity index (χ2n) is 6.93. The number of halogens is 2. The normalized spacial score (nSPS) is 20.9. The Hall–Kier alpha value is -2.64. The van der Waals surface area contributed by atoms with Crippen molar-refractivity contribution in [1.82, 2.24) is 4.90 Å². The van der Waals surface area contributed by atoms with Gasteiger partial charge in [0.05, 0.1) is 23.2 Å². The predicted molar refractivity (Wildman–Crippen MR) is 104 cm³/mol. The molecular formula is C20H19ClFN3O3. The first-order valence-electron chi connectivity index (χ1n) is 9.04. The monoisotopic (exact) mass is 403 g/mol. The van der Waals surface area contributed by atoms with Crippen molar-refractivity contribution in [2.24, 2.45) is 0 Å². The maximum atomic E-state index is 13.4. The number of hydrogen-bond donors (Lipinski definition) is 1. The second kappa shape index (κ2) is 7.41. The molecule has 1 atom stereocenters. The molecule has 0 spiro atoms. The highest BCUT2D eigenvalue weighted by Crippen LogP contribution is 2.30. The third-order valence-corrected chi connectivity index (χ3v) is 5.54. The van der Waals surface area contributed by atoms with Gasteiger partial charge in [-0.2, -0.15) is 0 Å². The number of phenolic OH excluding ortho intramolecular Hbond substituents is 1. The van der Waals surface area contributed by atoms with Crippen LogP contribution in [0.5, 0.6) is 5.75 Å². The molecular weight excluding hydrogens is 385 g/mol. The molecule has 2 fully saturated rings. The van der Waals surface area contributed by atoms with Crippen LogP contribution in [-0.2, 0) is 9.59 Å². The van der Waals surface area contributed by atoms with Gasteiger partial charge >= 0.3 is 0 Å². The molecule has 0 bridgehead atoms. The van der Waals surface area contributed by atoms with Gasteiger partial charge in [-0.25, -0.2) is 9.29 Å². The van der Waals surface area contributed by atoms with E-state index in [9.17, 15) is 19.1 Å². The molecule has 146 valence electrons. The maximum absolute atomic E-state index is 13.4. The molecule has 2 aliphatic rings. The van der Waals surface area contributed by atoms with Gasteiger partial charge in [-0.1, -0.05) is 11.6 Å². The highest BCUT2D eigenvalue weighted by molar-refractivity contribution is 6.31. The Morgan fingerprint density at radius 2 is 1.61 bits per heavy atom. The fourth-order valence-corrected chi connectivity index (χ4v) is 3.93. The van der Waals surface area contributed by atoms with Crippen molar-refractivity contribution in [3.05, 3.63) is 53.3 Å². The average Bonchev–Trinajstić information content (AvgIpc) is 2.99. The molecule has 28 heavy (non-hydrogen) atoms. The van der Waals surface area contributed by atoms with E-state index in [0.717, 1.165) is 16.7 Å². The molecule has 0 radical (unpaired) electrons. The van der Waals surface area contributed by atoms with Crippen LogP contribution in [0.2, 0.25) is 5.02 Å². The van der Waals surface area contributed by atoms with Gasteiger partial charge in [-0.15, -0.1) is 0 Å². The van der Waals surface area contributed by atoms with Crippen molar-refractivity contribution in [1.29, 1.82) is 0 Å². The molecule has 2 aromatic rings. The van der Waals surface area contributed by atoms with Gasteiger partial charge in [0.25, 0.3) is 5.91 Å². The number of carbonyl (C=O) groups is 2. The minimum Gasteiger partial charge on any atom is -0.508 e. The van der Waals surface area contributed by atoms with Crippen molar-refractivity contribution in [3.8, 4) is 5.75 Å². The summed E-state index contributed by atoms with van der Waals surface area (Å²) in [6, 6.07) is 10.3. The zero-order chi connectivity index (χ0) is 19.8. The summed E-state index contributed by atoms with van der Waals surface area (Å²) in [5.74, 6) is -0.978. The second-order valence-corrected chi connectivity index (χ2v) is 7.33. The van der Waals surface area contributed by atoms with E-state index in [4.69, 9.17) is 11.6 Å². The van der Waals surface area contributed by atoms with Crippen LogP contribution in [0.25, 0.3) is 0 Å². The average molecular weight is 404 g/mol. The fourth-order valence-electron chi connectivity index (χ4n) is 3.75. The number of phenols is 1. The number of carbonyl (C=O) groups excluding carboxylic acids is 2. The summed E-state index contributed by atoms with van der Waals surface area (Å²) >= 11 is 5.80. The van der Waals surface area contributed by atoms with E-state index in [1.807, 2.05) is 17.0 Å². The summed E-state index contributed by atoms with van der Waals surface area (Å²) < 4.78 is 13.4. The van der Waals surface area contributed by atoms with Crippen LogP contribution < -0.4 is 9.80 Å². The quantitative estimate of drug-likeness (QED) is 0.798. The number of piperazine rings is 1. The molecule has 6 nitrogen and oxygen atoms in total. The minimum atomic E-state index is -0.591. The maximum Gasteiger partial charge on any atom is 0.251 e. The van der Waals surface area contributed by atoms with E-state index in [-0.39, 0.29) is 29.0 Å². The smallest absolute Gasteiger partial charge is 0.251 e. The third-order valence-electron chi connectivity index (χ3n) is 5.25. The summed E-state index contributed by atoms with van der Waals surface area (Å²) in [5.41, 5.74) is 1.31. The van der Waals surface area contributed by atoms with Crippen LogP contribution in [0.4, 0.5) is 15.8 Å². The van der Waals surface area contributed by atoms with E-state index in [1.165, 1.54) is 12.1 Å². The van der Waals surface area contributed by atoms with Crippen LogP contribution in [-0.4, -0.2) is 54.0 Å². The third kappa shape index (κ3) is 3.43. The van der Waals surface area contributed by atoms with Gasteiger partial charge in [-0.05, 0) is 42.5 Å². The van der Waals surface area contributed by atoms with E-state index in [2.05, 4.69) is 4.90 Å². The Labute approximate surface area is 166 Å². The summed E-state index contributed by atoms with van der Waals surface area (Å²) in [6.45, 7) is 2.71. The Balaban J connectivity index is 1.44. The Bertz CT molecular complexity index is 913. The Morgan fingerprint density at radius 1 is 0.964 bits per heavy atom. The van der Waals surface area contributed by atoms with Crippen molar-refractivity contribution in [2.45, 2.75) is 12.5 Å². The minimum absolute atomic E-state index is 0.104. The van der Waals surface area contributed by atoms with Crippen molar-refractivity contribution >= 4 is 34.8 Å². The molecule has 2 saturated heterocycles. The number of rotatable bonds is 3. The number of imide groups is 1. The highest BCUT2D eigenvalue weighted by Gasteiger charge is 2.43. The van der Waals surface area contributed by atoms with E-state index >= 15 is 0 Å². The Morgan fingerprint density at radius 3 is 2.25 bits per heavy atom. The first-order chi connectivity index (χ1) is 13.4. The lowest BCUT2D eigenvalue weighted by Gasteiger charge is -2.38. The number of aromatic hydroxyl groups is 1. The lowest BCUT2D eigenvalue weighted by atomic mass is 10.1. The topological polar surface area (TPSA) is 64.1 Å². The van der Waals surface area contributed by atoms with Gasteiger partial charge in [-0.3, -0.25) is 14.5 Å². The van der Waals surface area contributed by atoms with Crippen LogP contribution in [0.1, 0.15) is 6.42 Å². The van der Waals surface area contributed by atoms with Crippen LogP contribution in [0.15, 0.2) is 42.5 Å². The number of nitrogens with zero attached hydrogens (tertiary/aromatic N) is 3. The predicted octanol–water partition coefficient (Wildman–Crippen LogP) is 2.64. The summed E-state index contributed by atoms with van der Waals surface area (Å²) in [4.78, 5) is 30.6. The molecule has 2 heterocycles. The van der Waals surface area contributed by atoms with Crippen molar-refractivity contribution in [2.75, 3.05) is 36.0 Å². The first kappa shape index (κ1) is 18.7. The largest absolute Gasteiger partial charge is 0.508 e. The molecule has 0 aliphatic carbocycles. The molecule has 2 aromatic carbocycles. The Kier molecular flexibility index (Phi) is 4.95. The van der Waals surface area contributed by atoms with Crippen molar-refractivity contribution in [3.63, 3.8) is 0 Å². The summed E-state index contributed by atoms with van der Waals surface area (Å²) in [6.07, 6.45) is 0.104. The van der Waals surface area contributed by atoms with Gasteiger partial charge < -0.3 is 10.0 Å². The number of benzene rings is 2. The van der Waals surface area contributed by atoms with Crippen molar-refractivity contribution < 1.29 is 19.1 Å². The molecule has 1 unspecified atom stereocenters. The lowest BCUT2D eigenvalue weighted by Crippen LogP contribution is -2.52. The molecule has 8 heteroatoms. The number of anilines is 2. The SMILES string of the molecule is O=C1CC(N2CCN(c3ccc(O)cc3)CC2)C(=O)N1c1ccc(F)c(Cl)c1. The molecule has 2 amide bonds. The van der Waals surface area contributed by atoms with Gasteiger partial charge in [0.15, 0.2) is 0 Å². The van der Waals surface area contributed by atoms with Gasteiger partial charge in [0, 0.05) is 31.9 Å². The summed E-state index contributed by atoms with van der Waals surface area (Å²) in [5, 5.41) is 9.29. The number of hydrogen-bond acceptors (Lipinski definition) is 5. The summed E-state index contributed by atoms with van der Waals surface area (Å²) in [7, 11) is 0. The van der Waals surface area contributed by atoms with E-state index < -0.39 is 11.9 Å². The van der Waals surface area contributed by atoms with E-state index in [0.29, 0.717) is 31.9 Å². The molecule has 0 saturated carbocycles. The molecule has 0 aromatic heterocycles. The lowest BCUT2D eigenvalue weighted by molar-refractivity contribution is -0.123. The number of amides is 2.